The molecule has 0 bridgehead atoms. The lowest BCUT2D eigenvalue weighted by molar-refractivity contribution is -0.385. The number of nitro benzene ring substituents is 2. The van der Waals surface area contributed by atoms with Crippen LogP contribution in [0.5, 0.6) is 0 Å². The van der Waals surface area contributed by atoms with Gasteiger partial charge in [-0.1, -0.05) is 24.3 Å². The second-order valence-corrected chi connectivity index (χ2v) is 6.12. The van der Waals surface area contributed by atoms with Gasteiger partial charge in [-0.25, -0.2) is 4.68 Å². The van der Waals surface area contributed by atoms with Crippen molar-refractivity contribution in [3.05, 3.63) is 79.6 Å². The molecule has 3 rings (SSSR count). The van der Waals surface area contributed by atoms with Crippen LogP contribution in [0, 0.1) is 27.2 Å². The Labute approximate surface area is 164 Å². The zero-order valence-electron chi connectivity index (χ0n) is 15.5. The van der Waals surface area contributed by atoms with Gasteiger partial charge < -0.3 is 5.32 Å². The van der Waals surface area contributed by atoms with Crippen molar-refractivity contribution in [2.24, 2.45) is 0 Å². The summed E-state index contributed by atoms with van der Waals surface area (Å²) in [6.45, 7) is 3.40. The second-order valence-electron chi connectivity index (χ2n) is 6.12. The maximum atomic E-state index is 12.6. The van der Waals surface area contributed by atoms with Gasteiger partial charge in [0.15, 0.2) is 5.69 Å². The molecule has 11 nitrogen and oxygen atoms in total. The number of carbonyl (C=O) groups is 1. The van der Waals surface area contributed by atoms with Crippen molar-refractivity contribution < 1.29 is 14.6 Å². The molecule has 0 radical (unpaired) electrons. The highest BCUT2D eigenvalue weighted by Crippen LogP contribution is 2.24. The predicted molar refractivity (Wildman–Crippen MR) is 103 cm³/mol. The first-order valence-corrected chi connectivity index (χ1v) is 8.57. The van der Waals surface area contributed by atoms with E-state index < -0.39 is 15.8 Å². The number of aromatic nitrogens is 3. The SMILES string of the molecule is CCc1ccc(NC(=O)c2nnn(-c3cccc([N+](=O)[O-])c3)c2C)cc1[N+](=O)[O-]. The molecule has 0 saturated carbocycles. The normalized spacial score (nSPS) is 10.6. The molecule has 0 aliphatic heterocycles. The smallest absolute Gasteiger partial charge is 0.278 e. The topological polar surface area (TPSA) is 146 Å². The largest absolute Gasteiger partial charge is 0.320 e. The Morgan fingerprint density at radius 3 is 2.55 bits per heavy atom. The molecule has 29 heavy (non-hydrogen) atoms. The van der Waals surface area contributed by atoms with Crippen molar-refractivity contribution in [3.63, 3.8) is 0 Å². The van der Waals surface area contributed by atoms with Gasteiger partial charge in [0.25, 0.3) is 17.3 Å². The number of nitrogens with one attached hydrogen (secondary N) is 1. The molecule has 3 aromatic rings. The van der Waals surface area contributed by atoms with Gasteiger partial charge in [0.1, 0.15) is 0 Å². The number of benzene rings is 2. The van der Waals surface area contributed by atoms with E-state index in [4.69, 9.17) is 0 Å². The van der Waals surface area contributed by atoms with Crippen molar-refractivity contribution in [1.82, 2.24) is 15.0 Å². The summed E-state index contributed by atoms with van der Waals surface area (Å²) in [5, 5.41) is 32.5. The van der Waals surface area contributed by atoms with E-state index in [0.29, 0.717) is 23.4 Å². The fourth-order valence-corrected chi connectivity index (χ4v) is 2.82. The number of non-ortho nitro benzene ring substituents is 1. The standard InChI is InChI=1S/C18H16N6O5/c1-3-12-7-8-13(9-16(12)24(28)29)19-18(25)17-11(2)22(21-20-17)14-5-4-6-15(10-14)23(26)27/h4-10H,3H2,1-2H3,(H,19,25). The summed E-state index contributed by atoms with van der Waals surface area (Å²) in [6, 6.07) is 10.2. The van der Waals surface area contributed by atoms with E-state index in [-0.39, 0.29) is 22.8 Å². The number of nitro groups is 2. The van der Waals surface area contributed by atoms with Gasteiger partial charge in [0.05, 0.1) is 21.2 Å². The van der Waals surface area contributed by atoms with Crippen molar-refractivity contribution in [3.8, 4) is 5.69 Å². The minimum absolute atomic E-state index is 0.00118. The number of rotatable bonds is 6. The molecular weight excluding hydrogens is 380 g/mol. The zero-order valence-corrected chi connectivity index (χ0v) is 15.5. The molecule has 0 spiro atoms. The van der Waals surface area contributed by atoms with Crippen molar-refractivity contribution in [2.75, 3.05) is 5.32 Å². The summed E-state index contributed by atoms with van der Waals surface area (Å²) in [5.74, 6) is -0.599. The van der Waals surface area contributed by atoms with E-state index in [9.17, 15) is 25.0 Å². The summed E-state index contributed by atoms with van der Waals surface area (Å²) < 4.78 is 1.31. The molecule has 0 saturated heterocycles. The van der Waals surface area contributed by atoms with Crippen LogP contribution in [0.25, 0.3) is 5.69 Å². The molecule has 148 valence electrons. The van der Waals surface area contributed by atoms with Crippen LogP contribution < -0.4 is 5.32 Å². The lowest BCUT2D eigenvalue weighted by Gasteiger charge is -2.07. The van der Waals surface area contributed by atoms with Crippen molar-refractivity contribution in [2.45, 2.75) is 20.3 Å². The van der Waals surface area contributed by atoms with Gasteiger partial charge in [0.2, 0.25) is 0 Å². The van der Waals surface area contributed by atoms with Crippen LogP contribution in [0.3, 0.4) is 0 Å². The summed E-state index contributed by atoms with van der Waals surface area (Å²) in [4.78, 5) is 33.7. The number of anilines is 1. The summed E-state index contributed by atoms with van der Waals surface area (Å²) in [5.41, 5.74) is 1.35. The summed E-state index contributed by atoms with van der Waals surface area (Å²) in [6.07, 6.45) is 0.487. The fraction of sp³-hybridized carbons (Fsp3) is 0.167. The van der Waals surface area contributed by atoms with Gasteiger partial charge in [-0.05, 0) is 25.5 Å². The molecule has 1 aromatic heterocycles. The average molecular weight is 396 g/mol. The van der Waals surface area contributed by atoms with E-state index in [1.807, 2.05) is 0 Å². The lowest BCUT2D eigenvalue weighted by atomic mass is 10.1. The first-order chi connectivity index (χ1) is 13.8. The van der Waals surface area contributed by atoms with E-state index in [2.05, 4.69) is 15.6 Å². The maximum absolute atomic E-state index is 12.6. The third-order valence-electron chi connectivity index (χ3n) is 4.32. The van der Waals surface area contributed by atoms with Gasteiger partial charge in [-0.3, -0.25) is 25.0 Å². The molecular formula is C18H16N6O5. The van der Waals surface area contributed by atoms with Gasteiger partial charge in [-0.2, -0.15) is 0 Å². The highest BCUT2D eigenvalue weighted by Gasteiger charge is 2.20. The lowest BCUT2D eigenvalue weighted by Crippen LogP contribution is -2.14. The maximum Gasteiger partial charge on any atom is 0.278 e. The second kappa shape index (κ2) is 7.84. The van der Waals surface area contributed by atoms with Crippen molar-refractivity contribution in [1.29, 1.82) is 0 Å². The van der Waals surface area contributed by atoms with Crippen LogP contribution in [0.2, 0.25) is 0 Å². The van der Waals surface area contributed by atoms with Crippen LogP contribution in [0.1, 0.15) is 28.7 Å². The third-order valence-corrected chi connectivity index (χ3v) is 4.32. The Morgan fingerprint density at radius 2 is 1.90 bits per heavy atom. The first-order valence-electron chi connectivity index (χ1n) is 8.57. The zero-order chi connectivity index (χ0) is 21.1. The molecule has 0 aliphatic rings. The molecule has 0 fully saturated rings. The number of hydrogen-bond acceptors (Lipinski definition) is 7. The Kier molecular flexibility index (Phi) is 5.30. The number of hydrogen-bond donors (Lipinski definition) is 1. The molecule has 1 amide bonds. The third kappa shape index (κ3) is 3.93. The Balaban J connectivity index is 1.88. The van der Waals surface area contributed by atoms with Gasteiger partial charge in [0, 0.05) is 29.4 Å². The number of carbonyl (C=O) groups excluding carboxylic acids is 1. The monoisotopic (exact) mass is 396 g/mol. The minimum atomic E-state index is -0.599. The molecule has 11 heteroatoms. The molecule has 0 unspecified atom stereocenters. The van der Waals surface area contributed by atoms with Crippen molar-refractivity contribution >= 4 is 23.0 Å². The number of nitrogens with zero attached hydrogens (tertiary/aromatic N) is 5. The quantitative estimate of drug-likeness (QED) is 0.497. The number of amides is 1. The average Bonchev–Trinajstić information content (AvgIpc) is 3.09. The van der Waals surface area contributed by atoms with E-state index >= 15 is 0 Å². The fourth-order valence-electron chi connectivity index (χ4n) is 2.82. The Morgan fingerprint density at radius 1 is 1.14 bits per heavy atom. The Bertz CT molecular complexity index is 1120. The van der Waals surface area contributed by atoms with Crippen LogP contribution in [0.15, 0.2) is 42.5 Å². The molecule has 0 aliphatic carbocycles. The first kappa shape index (κ1) is 19.6. The van der Waals surface area contributed by atoms with E-state index in [0.717, 1.165) is 0 Å². The van der Waals surface area contributed by atoms with Gasteiger partial charge in [-0.15, -0.1) is 5.10 Å². The highest BCUT2D eigenvalue weighted by molar-refractivity contribution is 6.03. The molecule has 0 atom stereocenters. The minimum Gasteiger partial charge on any atom is -0.320 e. The van der Waals surface area contributed by atoms with Crippen LogP contribution >= 0.6 is 0 Å². The molecule has 1 N–H and O–H groups in total. The van der Waals surface area contributed by atoms with Crippen LogP contribution in [-0.2, 0) is 6.42 Å². The predicted octanol–water partition coefficient (Wildman–Crippen LogP) is 3.21. The summed E-state index contributed by atoms with van der Waals surface area (Å²) >= 11 is 0. The van der Waals surface area contributed by atoms with Crippen LogP contribution in [0.4, 0.5) is 17.1 Å². The molecule has 2 aromatic carbocycles. The van der Waals surface area contributed by atoms with E-state index in [1.165, 1.54) is 28.9 Å². The molecule has 1 heterocycles. The van der Waals surface area contributed by atoms with Gasteiger partial charge >= 0.3 is 0 Å². The Hall–Kier alpha value is -4.15. The highest BCUT2D eigenvalue weighted by atomic mass is 16.6. The number of aryl methyl sites for hydroxylation is 1. The van der Waals surface area contributed by atoms with E-state index in [1.54, 1.807) is 32.0 Å². The summed E-state index contributed by atoms with van der Waals surface area (Å²) in [7, 11) is 0. The van der Waals surface area contributed by atoms with Crippen LogP contribution in [-0.4, -0.2) is 30.7 Å².